The second-order valence-corrected chi connectivity index (χ2v) is 6.84. The Balaban J connectivity index is 1.49. The van der Waals surface area contributed by atoms with Crippen LogP contribution in [0.15, 0.2) is 41.1 Å². The van der Waals surface area contributed by atoms with E-state index in [1.165, 1.54) is 0 Å². The number of hydrogen-bond acceptors (Lipinski definition) is 7. The first kappa shape index (κ1) is 16.5. The fraction of sp³-hybridized carbons (Fsp3) is 0.368. The summed E-state index contributed by atoms with van der Waals surface area (Å²) in [5.41, 5.74) is 3.06. The third kappa shape index (κ3) is 3.51. The van der Waals surface area contributed by atoms with Crippen LogP contribution in [0.4, 0.5) is 11.6 Å². The smallest absolute Gasteiger partial charge is 0.248 e. The van der Waals surface area contributed by atoms with Gasteiger partial charge in [-0.15, -0.1) is 0 Å². The summed E-state index contributed by atoms with van der Waals surface area (Å²) in [4.78, 5) is 15.5. The molecule has 7 heteroatoms. The van der Waals surface area contributed by atoms with Crippen molar-refractivity contribution in [3.63, 3.8) is 0 Å². The molecule has 1 aliphatic carbocycles. The van der Waals surface area contributed by atoms with Crippen LogP contribution in [0.1, 0.15) is 43.4 Å². The van der Waals surface area contributed by atoms with Crippen molar-refractivity contribution >= 4 is 11.6 Å². The fourth-order valence-electron chi connectivity index (χ4n) is 2.71. The fourth-order valence-corrected chi connectivity index (χ4v) is 2.71. The Morgan fingerprint density at radius 3 is 2.58 bits per heavy atom. The topological polar surface area (TPSA) is 80.0 Å². The van der Waals surface area contributed by atoms with Crippen molar-refractivity contribution in [2.45, 2.75) is 31.7 Å². The zero-order valence-electron chi connectivity index (χ0n) is 15.2. The zero-order chi connectivity index (χ0) is 18.1. The van der Waals surface area contributed by atoms with Gasteiger partial charge in [0.25, 0.3) is 0 Å². The van der Waals surface area contributed by atoms with Crippen molar-refractivity contribution in [1.29, 1.82) is 0 Å². The first-order valence-electron chi connectivity index (χ1n) is 8.81. The Labute approximate surface area is 152 Å². The molecule has 1 aliphatic rings. The van der Waals surface area contributed by atoms with Crippen LogP contribution in [0.25, 0.3) is 11.3 Å². The van der Waals surface area contributed by atoms with Gasteiger partial charge in [0.05, 0.1) is 5.69 Å². The van der Waals surface area contributed by atoms with Crippen molar-refractivity contribution in [2.75, 3.05) is 24.3 Å². The molecule has 1 atom stereocenters. The van der Waals surface area contributed by atoms with Crippen LogP contribution in [0, 0.1) is 0 Å². The molecule has 0 saturated heterocycles. The van der Waals surface area contributed by atoms with Crippen LogP contribution in [-0.2, 0) is 0 Å². The number of nitrogens with zero attached hydrogens (tertiary/aromatic N) is 5. The second kappa shape index (κ2) is 6.74. The molecular formula is C19H22N6O. The monoisotopic (exact) mass is 350 g/mol. The van der Waals surface area contributed by atoms with Gasteiger partial charge in [0.15, 0.2) is 5.82 Å². The molecule has 0 radical (unpaired) electrons. The van der Waals surface area contributed by atoms with Gasteiger partial charge in [-0.05, 0) is 38.0 Å². The third-order valence-corrected chi connectivity index (χ3v) is 4.45. The van der Waals surface area contributed by atoms with Gasteiger partial charge in [-0.2, -0.15) is 4.98 Å². The maximum Gasteiger partial charge on any atom is 0.248 e. The lowest BCUT2D eigenvalue weighted by molar-refractivity contribution is 0.362. The van der Waals surface area contributed by atoms with Gasteiger partial charge in [-0.3, -0.25) is 0 Å². The van der Waals surface area contributed by atoms with Gasteiger partial charge in [0.1, 0.15) is 6.04 Å². The standard InChI is InChI=1S/C19H22N6O/c1-12(18-23-17(24-26-18)14-4-5-14)21-19-20-11-10-16(22-19)13-6-8-15(9-7-13)25(2)3/h6-12,14H,4-5H2,1-3H3,(H,20,21,22). The maximum atomic E-state index is 5.37. The molecule has 0 aliphatic heterocycles. The number of hydrogen-bond donors (Lipinski definition) is 1. The summed E-state index contributed by atoms with van der Waals surface area (Å²) in [5.74, 6) is 2.39. The van der Waals surface area contributed by atoms with Crippen LogP contribution in [0.3, 0.4) is 0 Å². The molecule has 26 heavy (non-hydrogen) atoms. The molecule has 1 aromatic carbocycles. The lowest BCUT2D eigenvalue weighted by Gasteiger charge is -2.13. The Morgan fingerprint density at radius 2 is 1.88 bits per heavy atom. The predicted molar refractivity (Wildman–Crippen MR) is 100 cm³/mol. The Hall–Kier alpha value is -2.96. The van der Waals surface area contributed by atoms with Gasteiger partial charge in [-0.1, -0.05) is 17.3 Å². The molecule has 4 rings (SSSR count). The van der Waals surface area contributed by atoms with Crippen LogP contribution in [0.2, 0.25) is 0 Å². The molecular weight excluding hydrogens is 328 g/mol. The van der Waals surface area contributed by atoms with Crippen molar-refractivity contribution in [2.24, 2.45) is 0 Å². The van der Waals surface area contributed by atoms with Gasteiger partial charge >= 0.3 is 0 Å². The number of anilines is 2. The van der Waals surface area contributed by atoms with E-state index in [0.717, 1.165) is 35.6 Å². The molecule has 0 bridgehead atoms. The summed E-state index contributed by atoms with van der Waals surface area (Å²) in [6.07, 6.45) is 4.05. The van der Waals surface area contributed by atoms with Crippen LogP contribution in [-0.4, -0.2) is 34.2 Å². The van der Waals surface area contributed by atoms with E-state index in [-0.39, 0.29) is 6.04 Å². The molecule has 1 N–H and O–H groups in total. The van der Waals surface area contributed by atoms with Crippen molar-refractivity contribution in [3.05, 3.63) is 48.2 Å². The molecule has 2 heterocycles. The molecule has 0 spiro atoms. The zero-order valence-corrected chi connectivity index (χ0v) is 15.2. The highest BCUT2D eigenvalue weighted by molar-refractivity contribution is 5.63. The minimum Gasteiger partial charge on any atom is -0.378 e. The van der Waals surface area contributed by atoms with Crippen molar-refractivity contribution in [3.8, 4) is 11.3 Å². The van der Waals surface area contributed by atoms with E-state index < -0.39 is 0 Å². The highest BCUT2D eigenvalue weighted by Crippen LogP contribution is 2.38. The van der Waals surface area contributed by atoms with E-state index in [1.54, 1.807) is 6.20 Å². The van der Waals surface area contributed by atoms with Gasteiger partial charge in [-0.25, -0.2) is 9.97 Å². The highest BCUT2D eigenvalue weighted by atomic mass is 16.5. The molecule has 0 amide bonds. The summed E-state index contributed by atoms with van der Waals surface area (Å²) in [6.45, 7) is 1.96. The average molecular weight is 350 g/mol. The normalized spacial score (nSPS) is 14.9. The third-order valence-electron chi connectivity index (χ3n) is 4.45. The maximum absolute atomic E-state index is 5.37. The van der Waals surface area contributed by atoms with E-state index in [2.05, 4.69) is 54.6 Å². The molecule has 2 aromatic heterocycles. The Morgan fingerprint density at radius 1 is 1.12 bits per heavy atom. The quantitative estimate of drug-likeness (QED) is 0.727. The number of rotatable bonds is 6. The van der Waals surface area contributed by atoms with Gasteiger partial charge < -0.3 is 14.7 Å². The minimum atomic E-state index is -0.152. The van der Waals surface area contributed by atoms with Crippen molar-refractivity contribution < 1.29 is 4.52 Å². The van der Waals surface area contributed by atoms with Crippen molar-refractivity contribution in [1.82, 2.24) is 20.1 Å². The Kier molecular flexibility index (Phi) is 4.28. The molecule has 1 unspecified atom stereocenters. The van der Waals surface area contributed by atoms with E-state index in [1.807, 2.05) is 27.1 Å². The molecule has 1 saturated carbocycles. The number of aromatic nitrogens is 4. The summed E-state index contributed by atoms with van der Waals surface area (Å²) < 4.78 is 5.37. The van der Waals surface area contributed by atoms with E-state index in [0.29, 0.717) is 17.8 Å². The lowest BCUT2D eigenvalue weighted by Crippen LogP contribution is -2.10. The van der Waals surface area contributed by atoms with Crippen LogP contribution < -0.4 is 10.2 Å². The summed E-state index contributed by atoms with van der Waals surface area (Å²) in [5, 5.41) is 7.30. The molecule has 3 aromatic rings. The molecule has 7 nitrogen and oxygen atoms in total. The SMILES string of the molecule is CC(Nc1nccc(-c2ccc(N(C)C)cc2)n1)c1nc(C2CC2)no1. The first-order valence-corrected chi connectivity index (χ1v) is 8.81. The molecule has 1 fully saturated rings. The van der Waals surface area contributed by atoms with E-state index >= 15 is 0 Å². The average Bonchev–Trinajstić information content (AvgIpc) is 3.38. The van der Waals surface area contributed by atoms with Crippen LogP contribution >= 0.6 is 0 Å². The minimum absolute atomic E-state index is 0.152. The largest absolute Gasteiger partial charge is 0.378 e. The second-order valence-electron chi connectivity index (χ2n) is 6.84. The first-order chi connectivity index (χ1) is 12.6. The Bertz CT molecular complexity index is 885. The van der Waals surface area contributed by atoms with Gasteiger partial charge in [0.2, 0.25) is 11.8 Å². The van der Waals surface area contributed by atoms with Crippen LogP contribution in [0.5, 0.6) is 0 Å². The number of nitrogens with one attached hydrogen (secondary N) is 1. The van der Waals surface area contributed by atoms with E-state index in [4.69, 9.17) is 4.52 Å². The van der Waals surface area contributed by atoms with Gasteiger partial charge in [0, 0.05) is 37.5 Å². The molecule has 134 valence electrons. The number of benzene rings is 1. The lowest BCUT2D eigenvalue weighted by atomic mass is 10.1. The predicted octanol–water partition coefficient (Wildman–Crippen LogP) is 3.64. The summed E-state index contributed by atoms with van der Waals surface area (Å²) >= 11 is 0. The highest BCUT2D eigenvalue weighted by Gasteiger charge is 2.29. The summed E-state index contributed by atoms with van der Waals surface area (Å²) in [6, 6.07) is 10.0. The summed E-state index contributed by atoms with van der Waals surface area (Å²) in [7, 11) is 4.05. The van der Waals surface area contributed by atoms with E-state index in [9.17, 15) is 0 Å².